The van der Waals surface area contributed by atoms with Gasteiger partial charge in [0.1, 0.15) is 0 Å². The minimum absolute atomic E-state index is 0.112. The first-order chi connectivity index (χ1) is 15.8. The van der Waals surface area contributed by atoms with E-state index in [0.717, 1.165) is 36.1 Å². The first kappa shape index (κ1) is 27.0. The Morgan fingerprint density at radius 3 is 2.00 bits per heavy atom. The lowest BCUT2D eigenvalue weighted by Crippen LogP contribution is -2.68. The van der Waals surface area contributed by atoms with Gasteiger partial charge in [0.2, 0.25) is 0 Å². The van der Waals surface area contributed by atoms with E-state index in [1.165, 1.54) is 7.11 Å². The highest BCUT2D eigenvalue weighted by Crippen LogP contribution is 2.38. The van der Waals surface area contributed by atoms with Gasteiger partial charge in [-0.3, -0.25) is 4.79 Å². The fourth-order valence-corrected chi connectivity index (χ4v) is 8.91. The van der Waals surface area contributed by atoms with Crippen molar-refractivity contribution in [3.8, 4) is 0 Å². The fourth-order valence-electron chi connectivity index (χ4n) is 4.25. The molecule has 0 heterocycles. The number of allylic oxidation sites excluding steroid dienone is 1. The van der Waals surface area contributed by atoms with Crippen molar-refractivity contribution in [1.29, 1.82) is 0 Å². The minimum Gasteiger partial charge on any atom is -0.469 e. The van der Waals surface area contributed by atoms with Crippen molar-refractivity contribution in [2.45, 2.75) is 77.0 Å². The van der Waals surface area contributed by atoms with E-state index in [1.807, 2.05) is 42.5 Å². The van der Waals surface area contributed by atoms with E-state index >= 15 is 0 Å². The molecule has 33 heavy (non-hydrogen) atoms. The first-order valence-corrected chi connectivity index (χ1v) is 13.9. The minimum atomic E-state index is -2.88. The number of rotatable bonds is 12. The van der Waals surface area contributed by atoms with Crippen molar-refractivity contribution in [1.82, 2.24) is 0 Å². The number of unbranched alkanes of at least 4 members (excludes halogenated alkanes) is 3. The Balaban J connectivity index is 2.57. The van der Waals surface area contributed by atoms with Crippen LogP contribution in [0.3, 0.4) is 0 Å². The average Bonchev–Trinajstić information content (AvgIpc) is 2.81. The molecule has 2 rings (SSSR count). The van der Waals surface area contributed by atoms with Gasteiger partial charge in [0, 0.05) is 0 Å². The van der Waals surface area contributed by atoms with Crippen LogP contribution in [0.5, 0.6) is 0 Å². The molecule has 0 spiro atoms. The van der Waals surface area contributed by atoms with Gasteiger partial charge in [-0.05, 0) is 28.3 Å². The molecule has 1 N–H and O–H groups in total. The normalized spacial score (nSPS) is 14.2. The predicted octanol–water partition coefficient (Wildman–Crippen LogP) is 4.99. The molecule has 0 fully saturated rings. The average molecular weight is 469 g/mol. The van der Waals surface area contributed by atoms with Crippen LogP contribution in [-0.4, -0.2) is 38.7 Å². The summed E-state index contributed by atoms with van der Waals surface area (Å²) < 4.78 is 11.9. The second-order valence-corrected chi connectivity index (χ2v) is 13.8. The van der Waals surface area contributed by atoms with Crippen molar-refractivity contribution < 1.29 is 19.1 Å². The van der Waals surface area contributed by atoms with Gasteiger partial charge < -0.3 is 14.3 Å². The predicted molar refractivity (Wildman–Crippen MR) is 138 cm³/mol. The molecule has 0 aliphatic heterocycles. The van der Waals surface area contributed by atoms with Gasteiger partial charge in [-0.2, -0.15) is 0 Å². The van der Waals surface area contributed by atoms with Crippen LogP contribution in [0.1, 0.15) is 59.8 Å². The van der Waals surface area contributed by atoms with Gasteiger partial charge in [-0.25, -0.2) is 0 Å². The molecule has 2 atom stereocenters. The molecule has 0 bridgehead atoms. The summed E-state index contributed by atoms with van der Waals surface area (Å²) in [7, 11) is -1.53. The number of methoxy groups -OCH3 is 1. The second-order valence-electron chi connectivity index (χ2n) is 9.52. The van der Waals surface area contributed by atoms with E-state index < -0.39 is 26.5 Å². The lowest BCUT2D eigenvalue weighted by Gasteiger charge is -2.45. The summed E-state index contributed by atoms with van der Waals surface area (Å²) >= 11 is 0. The summed E-state index contributed by atoms with van der Waals surface area (Å²) in [6.07, 6.45) is 6.61. The number of aliphatic hydroxyl groups is 1. The molecule has 4 nitrogen and oxygen atoms in total. The van der Waals surface area contributed by atoms with Gasteiger partial charge in [-0.1, -0.05) is 113 Å². The Morgan fingerprint density at radius 2 is 1.55 bits per heavy atom. The van der Waals surface area contributed by atoms with Crippen LogP contribution in [0.4, 0.5) is 0 Å². The molecular weight excluding hydrogens is 428 g/mol. The van der Waals surface area contributed by atoms with Gasteiger partial charge in [0.15, 0.2) is 0 Å². The number of hydrogen-bond acceptors (Lipinski definition) is 4. The maximum Gasteiger partial charge on any atom is 0.308 e. The largest absolute Gasteiger partial charge is 0.469 e. The van der Waals surface area contributed by atoms with Crippen LogP contribution in [0, 0.1) is 0 Å². The zero-order valence-electron chi connectivity index (χ0n) is 20.8. The van der Waals surface area contributed by atoms with E-state index in [2.05, 4.69) is 58.0 Å². The molecule has 0 aromatic heterocycles. The van der Waals surface area contributed by atoms with Crippen LogP contribution in [0.15, 0.2) is 72.8 Å². The number of aliphatic hydroxyl groups excluding tert-OH is 1. The van der Waals surface area contributed by atoms with E-state index in [-0.39, 0.29) is 11.5 Å². The number of benzene rings is 2. The molecule has 0 aliphatic carbocycles. The van der Waals surface area contributed by atoms with Crippen molar-refractivity contribution in [3.63, 3.8) is 0 Å². The number of esters is 1. The Morgan fingerprint density at radius 1 is 1.00 bits per heavy atom. The highest BCUT2D eigenvalue weighted by Gasteiger charge is 2.51. The molecule has 180 valence electrons. The van der Waals surface area contributed by atoms with Crippen LogP contribution in [-0.2, 0) is 14.0 Å². The molecule has 0 saturated heterocycles. The summed E-state index contributed by atoms with van der Waals surface area (Å²) in [4.78, 5) is 12.0. The number of carbonyl (C=O) groups is 1. The quantitative estimate of drug-likeness (QED) is 0.206. The third-order valence-electron chi connectivity index (χ3n) is 6.01. The summed E-state index contributed by atoms with van der Waals surface area (Å²) in [5, 5.41) is 13.1. The fraction of sp³-hybridized carbons (Fsp3) is 0.464. The first-order valence-electron chi connectivity index (χ1n) is 12.0. The van der Waals surface area contributed by atoms with Gasteiger partial charge in [-0.15, -0.1) is 0 Å². The van der Waals surface area contributed by atoms with Crippen molar-refractivity contribution in [2.75, 3.05) is 7.11 Å². The molecule has 0 unspecified atom stereocenters. The number of ether oxygens (including phenoxy) is 1. The summed E-state index contributed by atoms with van der Waals surface area (Å²) in [6.45, 7) is 8.79. The molecule has 2 aromatic carbocycles. The zero-order valence-corrected chi connectivity index (χ0v) is 21.8. The van der Waals surface area contributed by atoms with E-state index in [4.69, 9.17) is 9.16 Å². The molecular formula is C28H40O4Si. The standard InChI is InChI=1S/C28H40O4Si/c1-6-7-8-9-16-21-26(25(29)22-27(30)31-5)32-33(28(2,3)4,23-17-12-10-13-18-23)24-19-14-11-15-20-24/h10-21,25-26,29H,6-9,22H2,1-5H3/b21-16+/t25-,26-/m0/s1. The lowest BCUT2D eigenvalue weighted by atomic mass is 10.1. The third-order valence-corrected chi connectivity index (χ3v) is 11.0. The van der Waals surface area contributed by atoms with E-state index in [1.54, 1.807) is 0 Å². The Bertz CT molecular complexity index is 819. The van der Waals surface area contributed by atoms with Crippen molar-refractivity contribution >= 4 is 24.7 Å². The van der Waals surface area contributed by atoms with Crippen molar-refractivity contribution in [2.24, 2.45) is 0 Å². The highest BCUT2D eigenvalue weighted by atomic mass is 28.4. The number of hydrogen-bond donors (Lipinski definition) is 1. The SMILES string of the molecule is CCCCC/C=C/[C@H](O[Si](c1ccccc1)(c1ccccc1)C(C)(C)C)[C@@H](O)CC(=O)OC. The molecule has 0 amide bonds. The molecule has 2 aromatic rings. The topological polar surface area (TPSA) is 55.8 Å². The van der Waals surface area contributed by atoms with Gasteiger partial charge >= 0.3 is 5.97 Å². The molecule has 5 heteroatoms. The number of carbonyl (C=O) groups excluding carboxylic acids is 1. The third kappa shape index (κ3) is 7.13. The van der Waals surface area contributed by atoms with Crippen LogP contribution in [0.2, 0.25) is 5.04 Å². The maximum atomic E-state index is 12.0. The van der Waals surface area contributed by atoms with Crippen molar-refractivity contribution in [3.05, 3.63) is 72.8 Å². The van der Waals surface area contributed by atoms with E-state index in [0.29, 0.717) is 0 Å². The monoisotopic (exact) mass is 468 g/mol. The molecule has 0 saturated carbocycles. The Kier molecular flexibility index (Phi) is 10.5. The van der Waals surface area contributed by atoms with Crippen LogP contribution < -0.4 is 10.4 Å². The lowest BCUT2D eigenvalue weighted by molar-refractivity contribution is -0.143. The van der Waals surface area contributed by atoms with E-state index in [9.17, 15) is 9.90 Å². The Labute approximate surface area is 200 Å². The molecule has 0 aliphatic rings. The molecule has 0 radical (unpaired) electrons. The zero-order chi connectivity index (χ0) is 24.3. The van der Waals surface area contributed by atoms with Crippen LogP contribution >= 0.6 is 0 Å². The summed E-state index contributed by atoms with van der Waals surface area (Å²) in [5.41, 5.74) is 0. The van der Waals surface area contributed by atoms with Crippen LogP contribution in [0.25, 0.3) is 0 Å². The maximum absolute atomic E-state index is 12.0. The summed E-state index contributed by atoms with van der Waals surface area (Å²) in [6, 6.07) is 20.7. The van der Waals surface area contributed by atoms with Gasteiger partial charge in [0.05, 0.1) is 25.7 Å². The summed E-state index contributed by atoms with van der Waals surface area (Å²) in [5.74, 6) is -0.446. The van der Waals surface area contributed by atoms with Gasteiger partial charge in [0.25, 0.3) is 8.32 Å². The Hall–Kier alpha value is -2.21. The smallest absolute Gasteiger partial charge is 0.308 e. The second kappa shape index (κ2) is 12.9. The highest BCUT2D eigenvalue weighted by molar-refractivity contribution is 6.99.